The van der Waals surface area contributed by atoms with E-state index < -0.39 is 0 Å². The molecular weight excluding hydrogens is 262 g/mol. The minimum atomic E-state index is 0.241. The van der Waals surface area contributed by atoms with E-state index in [1.54, 1.807) is 0 Å². The van der Waals surface area contributed by atoms with Gasteiger partial charge >= 0.3 is 0 Å². The Morgan fingerprint density at radius 3 is 2.76 bits per heavy atom. The van der Waals surface area contributed by atoms with Crippen LogP contribution < -0.4 is 5.32 Å². The lowest BCUT2D eigenvalue weighted by atomic mass is 10.00. The summed E-state index contributed by atoms with van der Waals surface area (Å²) in [5.74, 6) is 2.16. The Morgan fingerprint density at radius 2 is 2.10 bits per heavy atom. The fraction of sp³-hybridized carbons (Fsp3) is 0.765. The summed E-state index contributed by atoms with van der Waals surface area (Å²) < 4.78 is 5.95. The van der Waals surface area contributed by atoms with E-state index in [2.05, 4.69) is 55.9 Å². The van der Waals surface area contributed by atoms with Crippen LogP contribution in [-0.2, 0) is 13.1 Å². The SMILES string of the molecule is CCCNCc1cc(CN2CCN(C)C(C)(C)C2)oc1C. The summed E-state index contributed by atoms with van der Waals surface area (Å²) in [6.45, 7) is 15.1. The smallest absolute Gasteiger partial charge is 0.118 e. The van der Waals surface area contributed by atoms with E-state index >= 15 is 0 Å². The Kier molecular flexibility index (Phi) is 5.47. The minimum absolute atomic E-state index is 0.241. The molecule has 2 heterocycles. The zero-order chi connectivity index (χ0) is 15.5. The van der Waals surface area contributed by atoms with E-state index in [1.165, 1.54) is 12.0 Å². The third-order valence-electron chi connectivity index (χ3n) is 4.59. The van der Waals surface area contributed by atoms with Crippen LogP contribution in [0.15, 0.2) is 10.5 Å². The molecule has 21 heavy (non-hydrogen) atoms. The lowest BCUT2D eigenvalue weighted by Gasteiger charge is -2.45. The van der Waals surface area contributed by atoms with E-state index in [4.69, 9.17) is 4.42 Å². The van der Waals surface area contributed by atoms with Crippen LogP contribution in [0.3, 0.4) is 0 Å². The van der Waals surface area contributed by atoms with Crippen molar-refractivity contribution in [1.29, 1.82) is 0 Å². The summed E-state index contributed by atoms with van der Waals surface area (Å²) in [5, 5.41) is 3.45. The van der Waals surface area contributed by atoms with Crippen LogP contribution >= 0.6 is 0 Å². The van der Waals surface area contributed by atoms with Gasteiger partial charge in [0.2, 0.25) is 0 Å². The van der Waals surface area contributed by atoms with Crippen LogP contribution in [0.4, 0.5) is 0 Å². The number of piperazine rings is 1. The van der Waals surface area contributed by atoms with Gasteiger partial charge < -0.3 is 9.73 Å². The Bertz CT molecular complexity index is 453. The first-order valence-electron chi connectivity index (χ1n) is 8.15. The van der Waals surface area contributed by atoms with Gasteiger partial charge in [-0.3, -0.25) is 9.80 Å². The van der Waals surface area contributed by atoms with Crippen LogP contribution in [0.1, 0.15) is 44.3 Å². The molecule has 0 saturated carbocycles. The van der Waals surface area contributed by atoms with Crippen molar-refractivity contribution in [1.82, 2.24) is 15.1 Å². The average molecular weight is 293 g/mol. The van der Waals surface area contributed by atoms with Gasteiger partial charge in [-0.05, 0) is 46.9 Å². The van der Waals surface area contributed by atoms with Crippen LogP contribution in [-0.4, -0.2) is 48.6 Å². The molecule has 0 radical (unpaired) electrons. The number of furan rings is 1. The van der Waals surface area contributed by atoms with Crippen LogP contribution in [0.2, 0.25) is 0 Å². The molecule has 1 aliphatic heterocycles. The minimum Gasteiger partial charge on any atom is -0.465 e. The first kappa shape index (κ1) is 16.5. The molecule has 0 amide bonds. The zero-order valence-corrected chi connectivity index (χ0v) is 14.3. The monoisotopic (exact) mass is 293 g/mol. The molecule has 0 bridgehead atoms. The van der Waals surface area contributed by atoms with Gasteiger partial charge in [0.1, 0.15) is 11.5 Å². The Hall–Kier alpha value is -0.840. The third-order valence-corrected chi connectivity index (χ3v) is 4.59. The van der Waals surface area contributed by atoms with E-state index in [0.29, 0.717) is 0 Å². The summed E-state index contributed by atoms with van der Waals surface area (Å²) >= 11 is 0. The van der Waals surface area contributed by atoms with Gasteiger partial charge in [-0.15, -0.1) is 0 Å². The molecule has 0 aromatic carbocycles. The van der Waals surface area contributed by atoms with Gasteiger partial charge in [-0.1, -0.05) is 6.92 Å². The van der Waals surface area contributed by atoms with Crippen LogP contribution in [0.25, 0.3) is 0 Å². The molecule has 2 rings (SSSR count). The zero-order valence-electron chi connectivity index (χ0n) is 14.3. The fourth-order valence-electron chi connectivity index (χ4n) is 2.94. The van der Waals surface area contributed by atoms with Crippen molar-refractivity contribution in [3.8, 4) is 0 Å². The predicted octanol–water partition coefficient (Wildman–Crippen LogP) is 2.61. The topological polar surface area (TPSA) is 31.6 Å². The highest BCUT2D eigenvalue weighted by atomic mass is 16.3. The molecule has 4 heteroatoms. The van der Waals surface area contributed by atoms with E-state index in [9.17, 15) is 0 Å². The molecule has 0 atom stereocenters. The number of rotatable bonds is 6. The molecule has 1 aromatic rings. The van der Waals surface area contributed by atoms with Crippen molar-refractivity contribution >= 4 is 0 Å². The molecule has 1 aliphatic rings. The number of aryl methyl sites for hydroxylation is 1. The maximum atomic E-state index is 5.95. The second kappa shape index (κ2) is 6.95. The first-order valence-corrected chi connectivity index (χ1v) is 8.15. The fourth-order valence-corrected chi connectivity index (χ4v) is 2.94. The standard InChI is InChI=1S/C17H31N3O/c1-6-7-18-11-15-10-16(21-14(15)2)12-20-9-8-19(5)17(3,4)13-20/h10,18H,6-9,11-13H2,1-5H3. The molecular formula is C17H31N3O. The summed E-state index contributed by atoms with van der Waals surface area (Å²) in [7, 11) is 2.21. The maximum Gasteiger partial charge on any atom is 0.118 e. The Labute approximate surface area is 129 Å². The summed E-state index contributed by atoms with van der Waals surface area (Å²) in [4.78, 5) is 4.94. The molecule has 0 spiro atoms. The number of hydrogen-bond acceptors (Lipinski definition) is 4. The van der Waals surface area contributed by atoms with Gasteiger partial charge in [0, 0.05) is 37.3 Å². The number of likely N-dealkylation sites (N-methyl/N-ethyl adjacent to an activating group) is 1. The Morgan fingerprint density at radius 1 is 1.33 bits per heavy atom. The van der Waals surface area contributed by atoms with Crippen molar-refractivity contribution in [3.63, 3.8) is 0 Å². The average Bonchev–Trinajstić information content (AvgIpc) is 2.74. The van der Waals surface area contributed by atoms with Gasteiger partial charge in [0.05, 0.1) is 6.54 Å². The molecule has 1 saturated heterocycles. The molecule has 0 unspecified atom stereocenters. The van der Waals surface area contributed by atoms with Gasteiger partial charge in [0.15, 0.2) is 0 Å². The van der Waals surface area contributed by atoms with Crippen molar-refractivity contribution < 1.29 is 4.42 Å². The van der Waals surface area contributed by atoms with Gasteiger partial charge in [-0.25, -0.2) is 0 Å². The quantitative estimate of drug-likeness (QED) is 0.817. The summed E-state index contributed by atoms with van der Waals surface area (Å²) in [5.41, 5.74) is 1.54. The largest absolute Gasteiger partial charge is 0.465 e. The normalized spacial score (nSPS) is 20.0. The van der Waals surface area contributed by atoms with E-state index in [1.807, 2.05) is 0 Å². The van der Waals surface area contributed by atoms with Gasteiger partial charge in [0.25, 0.3) is 0 Å². The highest BCUT2D eigenvalue weighted by Gasteiger charge is 2.31. The molecule has 0 aliphatic carbocycles. The predicted molar refractivity (Wildman–Crippen MR) is 87.4 cm³/mol. The molecule has 120 valence electrons. The lowest BCUT2D eigenvalue weighted by molar-refractivity contribution is 0.0327. The second-order valence-electron chi connectivity index (χ2n) is 6.92. The molecule has 4 nitrogen and oxygen atoms in total. The number of nitrogens with one attached hydrogen (secondary N) is 1. The molecule has 1 aromatic heterocycles. The number of nitrogens with zero attached hydrogens (tertiary/aromatic N) is 2. The third kappa shape index (κ3) is 4.31. The van der Waals surface area contributed by atoms with Gasteiger partial charge in [-0.2, -0.15) is 0 Å². The second-order valence-corrected chi connectivity index (χ2v) is 6.92. The van der Waals surface area contributed by atoms with Crippen molar-refractivity contribution in [3.05, 3.63) is 23.2 Å². The maximum absolute atomic E-state index is 5.95. The summed E-state index contributed by atoms with van der Waals surface area (Å²) in [6.07, 6.45) is 1.17. The molecule has 1 N–H and O–H groups in total. The van der Waals surface area contributed by atoms with Crippen molar-refractivity contribution in [2.75, 3.05) is 33.2 Å². The highest BCUT2D eigenvalue weighted by molar-refractivity contribution is 5.20. The number of hydrogen-bond donors (Lipinski definition) is 1. The molecule has 1 fully saturated rings. The van der Waals surface area contributed by atoms with E-state index in [0.717, 1.165) is 50.8 Å². The lowest BCUT2D eigenvalue weighted by Crippen LogP contribution is -2.57. The van der Waals surface area contributed by atoms with Crippen LogP contribution in [0.5, 0.6) is 0 Å². The summed E-state index contributed by atoms with van der Waals surface area (Å²) in [6, 6.07) is 2.23. The van der Waals surface area contributed by atoms with Crippen LogP contribution in [0, 0.1) is 6.92 Å². The van der Waals surface area contributed by atoms with Crippen molar-refractivity contribution in [2.45, 2.75) is 52.7 Å². The highest BCUT2D eigenvalue weighted by Crippen LogP contribution is 2.22. The Balaban J connectivity index is 1.93. The van der Waals surface area contributed by atoms with Crippen molar-refractivity contribution in [2.24, 2.45) is 0 Å². The first-order chi connectivity index (χ1) is 9.92. The van der Waals surface area contributed by atoms with E-state index in [-0.39, 0.29) is 5.54 Å².